The van der Waals surface area contributed by atoms with E-state index in [1.807, 2.05) is 6.92 Å². The summed E-state index contributed by atoms with van der Waals surface area (Å²) in [5, 5.41) is 9.73. The van der Waals surface area contributed by atoms with E-state index in [0.717, 1.165) is 26.1 Å². The Bertz CT molecular complexity index is 163. The molecule has 0 aromatic rings. The highest BCUT2D eigenvalue weighted by Crippen LogP contribution is 2.20. The Morgan fingerprint density at radius 3 is 2.86 bits per heavy atom. The smallest absolute Gasteiger partial charge is 0.0690 e. The van der Waals surface area contributed by atoms with Crippen LogP contribution in [0.2, 0.25) is 0 Å². The number of nitrogens with zero attached hydrogens (tertiary/aromatic N) is 1. The van der Waals surface area contributed by atoms with E-state index in [1.54, 1.807) is 7.11 Å². The molecule has 1 N–H and O–H groups in total. The number of ether oxygens (including phenoxy) is 1. The number of rotatable bonds is 5. The molecule has 1 aliphatic rings. The molecule has 1 aliphatic heterocycles. The van der Waals surface area contributed by atoms with Crippen molar-refractivity contribution in [3.05, 3.63) is 0 Å². The van der Waals surface area contributed by atoms with Crippen molar-refractivity contribution in [3.8, 4) is 0 Å². The van der Waals surface area contributed by atoms with Gasteiger partial charge in [-0.2, -0.15) is 0 Å². The third-order valence-corrected chi connectivity index (χ3v) is 3.27. The van der Waals surface area contributed by atoms with Gasteiger partial charge in [0.1, 0.15) is 0 Å². The highest BCUT2D eigenvalue weighted by Gasteiger charge is 2.28. The molecule has 3 heteroatoms. The molecule has 0 aliphatic carbocycles. The lowest BCUT2D eigenvalue weighted by molar-refractivity contribution is 0.0634. The number of hydrogen-bond acceptors (Lipinski definition) is 3. The van der Waals surface area contributed by atoms with Crippen LogP contribution in [0.5, 0.6) is 0 Å². The van der Waals surface area contributed by atoms with Crippen LogP contribution in [0.4, 0.5) is 0 Å². The molecule has 0 bridgehead atoms. The first-order valence-electron chi connectivity index (χ1n) is 5.60. The summed E-state index contributed by atoms with van der Waals surface area (Å²) in [6.07, 6.45) is 1.86. The zero-order chi connectivity index (χ0) is 10.6. The van der Waals surface area contributed by atoms with Crippen LogP contribution in [0.1, 0.15) is 26.7 Å². The topological polar surface area (TPSA) is 32.7 Å². The molecule has 1 rings (SSSR count). The lowest BCUT2D eigenvalue weighted by atomic mass is 10.1. The second kappa shape index (κ2) is 5.69. The quantitative estimate of drug-likeness (QED) is 0.723. The van der Waals surface area contributed by atoms with E-state index in [1.165, 1.54) is 6.42 Å². The highest BCUT2D eigenvalue weighted by molar-refractivity contribution is 4.82. The van der Waals surface area contributed by atoms with Gasteiger partial charge in [-0.3, -0.25) is 4.90 Å². The average molecular weight is 201 g/mol. The number of aliphatic hydroxyl groups is 1. The minimum atomic E-state index is -0.184. The van der Waals surface area contributed by atoms with Crippen LogP contribution >= 0.6 is 0 Å². The van der Waals surface area contributed by atoms with Gasteiger partial charge in [0, 0.05) is 19.7 Å². The number of methoxy groups -OCH3 is 1. The van der Waals surface area contributed by atoms with E-state index in [-0.39, 0.29) is 6.10 Å². The highest BCUT2D eigenvalue weighted by atomic mass is 16.5. The van der Waals surface area contributed by atoms with Gasteiger partial charge >= 0.3 is 0 Å². The largest absolute Gasteiger partial charge is 0.392 e. The van der Waals surface area contributed by atoms with Crippen molar-refractivity contribution >= 4 is 0 Å². The van der Waals surface area contributed by atoms with Gasteiger partial charge in [0.2, 0.25) is 0 Å². The summed E-state index contributed by atoms with van der Waals surface area (Å²) in [5.74, 6) is 0.659. The number of likely N-dealkylation sites (tertiary alicyclic amines) is 1. The van der Waals surface area contributed by atoms with Crippen molar-refractivity contribution in [3.63, 3.8) is 0 Å². The summed E-state index contributed by atoms with van der Waals surface area (Å²) < 4.78 is 5.15. The van der Waals surface area contributed by atoms with Gasteiger partial charge in [0.25, 0.3) is 0 Å². The van der Waals surface area contributed by atoms with Crippen molar-refractivity contribution in [2.75, 3.05) is 26.8 Å². The molecule has 3 atom stereocenters. The molecule has 0 saturated carbocycles. The van der Waals surface area contributed by atoms with Crippen LogP contribution in [0.3, 0.4) is 0 Å². The maximum atomic E-state index is 9.73. The SMILES string of the molecule is CCC(O)C(C)N1CCC(COC)C1. The Labute approximate surface area is 87.1 Å². The standard InChI is InChI=1S/C11H23NO2/c1-4-11(13)9(2)12-6-5-10(7-12)8-14-3/h9-11,13H,4-8H2,1-3H3. The molecule has 1 saturated heterocycles. The maximum Gasteiger partial charge on any atom is 0.0690 e. The summed E-state index contributed by atoms with van der Waals surface area (Å²) >= 11 is 0. The van der Waals surface area contributed by atoms with Crippen LogP contribution in [-0.4, -0.2) is 49.0 Å². The van der Waals surface area contributed by atoms with Crippen molar-refractivity contribution in [2.24, 2.45) is 5.92 Å². The van der Waals surface area contributed by atoms with Gasteiger partial charge in [-0.05, 0) is 32.2 Å². The van der Waals surface area contributed by atoms with Crippen molar-refractivity contribution in [1.29, 1.82) is 0 Å². The summed E-state index contributed by atoms with van der Waals surface area (Å²) in [6, 6.07) is 0.293. The third-order valence-electron chi connectivity index (χ3n) is 3.27. The molecule has 3 nitrogen and oxygen atoms in total. The minimum Gasteiger partial charge on any atom is -0.392 e. The van der Waals surface area contributed by atoms with Gasteiger partial charge in [-0.1, -0.05) is 6.92 Å². The Balaban J connectivity index is 2.33. The Morgan fingerprint density at radius 1 is 1.57 bits per heavy atom. The Morgan fingerprint density at radius 2 is 2.29 bits per heavy atom. The molecule has 14 heavy (non-hydrogen) atoms. The van der Waals surface area contributed by atoms with Crippen LogP contribution in [0, 0.1) is 5.92 Å². The Kier molecular flexibility index (Phi) is 4.85. The van der Waals surface area contributed by atoms with Crippen LogP contribution < -0.4 is 0 Å². The third kappa shape index (κ3) is 2.94. The number of aliphatic hydroxyl groups excluding tert-OH is 1. The van der Waals surface area contributed by atoms with Crippen LogP contribution in [-0.2, 0) is 4.74 Å². The molecule has 0 radical (unpaired) electrons. The molecular weight excluding hydrogens is 178 g/mol. The van der Waals surface area contributed by atoms with E-state index >= 15 is 0 Å². The summed E-state index contributed by atoms with van der Waals surface area (Å²) in [4.78, 5) is 2.37. The molecule has 0 amide bonds. The lowest BCUT2D eigenvalue weighted by Gasteiger charge is -2.28. The van der Waals surface area contributed by atoms with Gasteiger partial charge in [0.05, 0.1) is 12.7 Å². The van der Waals surface area contributed by atoms with Crippen molar-refractivity contribution in [1.82, 2.24) is 4.90 Å². The minimum absolute atomic E-state index is 0.184. The zero-order valence-corrected chi connectivity index (χ0v) is 9.57. The van der Waals surface area contributed by atoms with Crippen molar-refractivity contribution in [2.45, 2.75) is 38.8 Å². The molecule has 0 spiro atoms. The first-order chi connectivity index (χ1) is 6.69. The predicted octanol–water partition coefficient (Wildman–Crippen LogP) is 1.11. The molecule has 1 fully saturated rings. The summed E-state index contributed by atoms with van der Waals surface area (Å²) in [5.41, 5.74) is 0. The van der Waals surface area contributed by atoms with E-state index in [9.17, 15) is 5.11 Å². The lowest BCUT2D eigenvalue weighted by Crippen LogP contribution is -2.40. The molecule has 1 heterocycles. The van der Waals surface area contributed by atoms with Gasteiger partial charge < -0.3 is 9.84 Å². The molecule has 0 aromatic carbocycles. The van der Waals surface area contributed by atoms with E-state index in [2.05, 4.69) is 11.8 Å². The van der Waals surface area contributed by atoms with Crippen molar-refractivity contribution < 1.29 is 9.84 Å². The first-order valence-corrected chi connectivity index (χ1v) is 5.60. The van der Waals surface area contributed by atoms with E-state index in [0.29, 0.717) is 12.0 Å². The predicted molar refractivity (Wildman–Crippen MR) is 57.3 cm³/mol. The zero-order valence-electron chi connectivity index (χ0n) is 9.57. The Hall–Kier alpha value is -0.120. The fourth-order valence-electron chi connectivity index (χ4n) is 2.19. The van der Waals surface area contributed by atoms with Gasteiger partial charge in [0.15, 0.2) is 0 Å². The molecule has 84 valence electrons. The van der Waals surface area contributed by atoms with E-state index in [4.69, 9.17) is 4.74 Å². The second-order valence-corrected chi connectivity index (χ2v) is 4.32. The maximum absolute atomic E-state index is 9.73. The summed E-state index contributed by atoms with van der Waals surface area (Å²) in [7, 11) is 1.76. The van der Waals surface area contributed by atoms with Gasteiger partial charge in [-0.15, -0.1) is 0 Å². The first kappa shape index (κ1) is 12.0. The van der Waals surface area contributed by atoms with Gasteiger partial charge in [-0.25, -0.2) is 0 Å². The number of hydrogen-bond donors (Lipinski definition) is 1. The summed E-state index contributed by atoms with van der Waals surface area (Å²) in [6.45, 7) is 7.18. The monoisotopic (exact) mass is 201 g/mol. The van der Waals surface area contributed by atoms with Crippen LogP contribution in [0.25, 0.3) is 0 Å². The molecular formula is C11H23NO2. The average Bonchev–Trinajstić information content (AvgIpc) is 2.64. The van der Waals surface area contributed by atoms with E-state index < -0.39 is 0 Å². The second-order valence-electron chi connectivity index (χ2n) is 4.32. The normalized spacial score (nSPS) is 27.9. The molecule has 3 unspecified atom stereocenters. The molecule has 0 aromatic heterocycles. The van der Waals surface area contributed by atoms with Crippen LogP contribution in [0.15, 0.2) is 0 Å². The fraction of sp³-hybridized carbons (Fsp3) is 1.00. The fourth-order valence-corrected chi connectivity index (χ4v) is 2.19.